The number of carbonyl (C=O) groups is 1. The van der Waals surface area contributed by atoms with Gasteiger partial charge in [0.2, 0.25) is 5.91 Å². The summed E-state index contributed by atoms with van der Waals surface area (Å²) in [5.74, 6) is -1.00. The Morgan fingerprint density at radius 2 is 1.83 bits per heavy atom. The second kappa shape index (κ2) is 7.84. The van der Waals surface area contributed by atoms with Crippen LogP contribution in [-0.2, 0) is 21.2 Å². The summed E-state index contributed by atoms with van der Waals surface area (Å²) in [4.78, 5) is 13.3. The molecule has 0 fully saturated rings. The van der Waals surface area contributed by atoms with Crippen LogP contribution in [0.25, 0.3) is 0 Å². The molecule has 0 saturated carbocycles. The molecule has 0 aromatic heterocycles. The van der Waals surface area contributed by atoms with Crippen molar-refractivity contribution in [2.45, 2.75) is 25.4 Å². The Bertz CT molecular complexity index is 660. The lowest BCUT2D eigenvalue weighted by Gasteiger charge is -2.21. The average molecular weight is 368 g/mol. The lowest BCUT2D eigenvalue weighted by Crippen LogP contribution is -2.42. The third kappa shape index (κ3) is 7.64. The first-order valence-corrected chi connectivity index (χ1v) is 8.96. The number of hydrogen-bond acceptors (Lipinski definition) is 5. The van der Waals surface area contributed by atoms with Gasteiger partial charge in [-0.25, -0.2) is 8.42 Å². The van der Waals surface area contributed by atoms with E-state index in [1.165, 1.54) is 24.1 Å². The van der Waals surface area contributed by atoms with E-state index in [0.717, 1.165) is 18.4 Å². The normalized spacial score (nSPS) is 13.4. The van der Waals surface area contributed by atoms with Crippen LogP contribution in [0, 0.1) is 0 Å². The van der Waals surface area contributed by atoms with Gasteiger partial charge in [-0.2, -0.15) is 0 Å². The molecule has 0 heterocycles. The van der Waals surface area contributed by atoms with E-state index < -0.39 is 28.1 Å². The van der Waals surface area contributed by atoms with Crippen molar-refractivity contribution in [3.63, 3.8) is 0 Å². The number of ether oxygens (including phenoxy) is 1. The van der Waals surface area contributed by atoms with Gasteiger partial charge in [0.1, 0.15) is 15.6 Å². The fourth-order valence-corrected chi connectivity index (χ4v) is 2.58. The molecule has 1 atom stereocenters. The van der Waals surface area contributed by atoms with E-state index in [1.54, 1.807) is 0 Å². The number of nitrogens with two attached hydrogens (primary N) is 1. The van der Waals surface area contributed by atoms with E-state index in [-0.39, 0.29) is 24.5 Å². The van der Waals surface area contributed by atoms with E-state index >= 15 is 0 Å². The number of rotatable bonds is 7. The lowest BCUT2D eigenvalue weighted by atomic mass is 10.1. The van der Waals surface area contributed by atoms with Gasteiger partial charge < -0.3 is 15.4 Å². The van der Waals surface area contributed by atoms with Gasteiger partial charge in [-0.1, -0.05) is 12.1 Å². The van der Waals surface area contributed by atoms with Crippen LogP contribution in [0.15, 0.2) is 24.3 Å². The zero-order valence-electron chi connectivity index (χ0n) is 13.2. The molecule has 0 radical (unpaired) electrons. The molecule has 1 aromatic rings. The Labute approximate surface area is 138 Å². The van der Waals surface area contributed by atoms with Gasteiger partial charge in [-0.05, 0) is 24.1 Å². The van der Waals surface area contributed by atoms with Crippen LogP contribution in [0.2, 0.25) is 0 Å². The maximum absolute atomic E-state index is 12.1. The minimum absolute atomic E-state index is 0.000364. The van der Waals surface area contributed by atoms with E-state index in [4.69, 9.17) is 5.73 Å². The summed E-state index contributed by atoms with van der Waals surface area (Å²) in [6, 6.07) is 4.12. The maximum atomic E-state index is 12.1. The molecule has 0 spiro atoms. The molecule has 0 aliphatic heterocycles. The molecule has 1 amide bonds. The van der Waals surface area contributed by atoms with Gasteiger partial charge in [-0.15, -0.1) is 13.2 Å². The molecule has 1 unspecified atom stereocenters. The first-order valence-electron chi connectivity index (χ1n) is 6.90. The Morgan fingerprint density at radius 1 is 1.29 bits per heavy atom. The summed E-state index contributed by atoms with van der Waals surface area (Å²) in [7, 11) is -1.74. The topological polar surface area (TPSA) is 89.7 Å². The van der Waals surface area contributed by atoms with Gasteiger partial charge in [0.05, 0.1) is 11.8 Å². The molecule has 1 aromatic carbocycles. The summed E-state index contributed by atoms with van der Waals surface area (Å²) in [6.45, 7) is 0.123. The Morgan fingerprint density at radius 3 is 2.29 bits per heavy atom. The van der Waals surface area contributed by atoms with Crippen LogP contribution >= 0.6 is 0 Å². The highest BCUT2D eigenvalue weighted by atomic mass is 32.2. The molecular weight excluding hydrogens is 349 g/mol. The first kappa shape index (κ1) is 20.2. The fourth-order valence-electron chi connectivity index (χ4n) is 1.90. The van der Waals surface area contributed by atoms with Crippen LogP contribution in [0.4, 0.5) is 13.2 Å². The van der Waals surface area contributed by atoms with Crippen molar-refractivity contribution < 1.29 is 31.1 Å². The molecule has 1 rings (SSSR count). The number of benzene rings is 1. The highest BCUT2D eigenvalue weighted by molar-refractivity contribution is 7.90. The SMILES string of the molecule is CN(Cc1ccc(OC(F)(F)F)cc1)C(=O)C(N)CCS(C)(=O)=O. The summed E-state index contributed by atoms with van der Waals surface area (Å²) < 4.78 is 62.1. The van der Waals surface area contributed by atoms with E-state index in [1.807, 2.05) is 0 Å². The Hall–Kier alpha value is -1.81. The van der Waals surface area contributed by atoms with Crippen molar-refractivity contribution in [1.82, 2.24) is 4.90 Å². The number of likely N-dealkylation sites (N-methyl/N-ethyl adjacent to an activating group) is 1. The van der Waals surface area contributed by atoms with Gasteiger partial charge >= 0.3 is 6.36 Å². The minimum atomic E-state index is -4.76. The molecular formula is C14H19F3N2O4S. The number of amides is 1. The highest BCUT2D eigenvalue weighted by Gasteiger charge is 2.31. The van der Waals surface area contributed by atoms with Crippen LogP contribution in [0.5, 0.6) is 5.75 Å². The fraction of sp³-hybridized carbons (Fsp3) is 0.500. The van der Waals surface area contributed by atoms with Crippen molar-refractivity contribution >= 4 is 15.7 Å². The third-order valence-corrected chi connectivity index (χ3v) is 4.05. The number of carbonyl (C=O) groups excluding carboxylic acids is 1. The van der Waals surface area contributed by atoms with Gasteiger partial charge in [-0.3, -0.25) is 4.79 Å². The molecule has 0 aliphatic rings. The number of halogens is 3. The van der Waals surface area contributed by atoms with Crippen LogP contribution in [0.3, 0.4) is 0 Å². The first-order chi connectivity index (χ1) is 10.9. The quantitative estimate of drug-likeness (QED) is 0.784. The molecule has 0 saturated heterocycles. The number of sulfone groups is 1. The molecule has 6 nitrogen and oxygen atoms in total. The smallest absolute Gasteiger partial charge is 0.406 e. The number of nitrogens with zero attached hydrogens (tertiary/aromatic N) is 1. The third-order valence-electron chi connectivity index (χ3n) is 3.07. The van der Waals surface area contributed by atoms with Crippen molar-refractivity contribution in [2.75, 3.05) is 19.1 Å². The maximum Gasteiger partial charge on any atom is 0.573 e. The molecule has 0 bridgehead atoms. The largest absolute Gasteiger partial charge is 0.573 e. The predicted octanol–water partition coefficient (Wildman–Crippen LogP) is 1.31. The summed E-state index contributed by atoms with van der Waals surface area (Å²) in [5.41, 5.74) is 6.25. The molecule has 24 heavy (non-hydrogen) atoms. The second-order valence-electron chi connectivity index (χ2n) is 5.41. The molecule has 10 heteroatoms. The van der Waals surface area contributed by atoms with Gasteiger partial charge in [0.25, 0.3) is 0 Å². The van der Waals surface area contributed by atoms with Crippen molar-refractivity contribution in [2.24, 2.45) is 5.73 Å². The molecule has 136 valence electrons. The average Bonchev–Trinajstić information content (AvgIpc) is 2.43. The minimum Gasteiger partial charge on any atom is -0.406 e. The zero-order valence-corrected chi connectivity index (χ0v) is 14.0. The van der Waals surface area contributed by atoms with Gasteiger partial charge in [0, 0.05) is 19.8 Å². The monoisotopic (exact) mass is 368 g/mol. The Kier molecular flexibility index (Phi) is 6.61. The van der Waals surface area contributed by atoms with Crippen LogP contribution in [-0.4, -0.2) is 50.7 Å². The Balaban J connectivity index is 2.60. The predicted molar refractivity (Wildman–Crippen MR) is 81.9 cm³/mol. The summed E-state index contributed by atoms with van der Waals surface area (Å²) in [5, 5.41) is 0. The number of hydrogen-bond donors (Lipinski definition) is 1. The summed E-state index contributed by atoms with van der Waals surface area (Å²) in [6.07, 6.45) is -3.71. The van der Waals surface area contributed by atoms with Crippen molar-refractivity contribution in [3.05, 3.63) is 29.8 Å². The standard InChI is InChI=1S/C14H19F3N2O4S/c1-19(13(20)12(18)7-8-24(2,21)22)9-10-3-5-11(6-4-10)23-14(15,16)17/h3-6,12H,7-9,18H2,1-2H3. The van der Waals surface area contributed by atoms with Crippen LogP contribution in [0.1, 0.15) is 12.0 Å². The zero-order chi connectivity index (χ0) is 18.5. The van der Waals surface area contributed by atoms with Crippen molar-refractivity contribution in [3.8, 4) is 5.75 Å². The summed E-state index contributed by atoms with van der Waals surface area (Å²) >= 11 is 0. The van der Waals surface area contributed by atoms with E-state index in [0.29, 0.717) is 5.56 Å². The highest BCUT2D eigenvalue weighted by Crippen LogP contribution is 2.23. The van der Waals surface area contributed by atoms with Crippen LogP contribution < -0.4 is 10.5 Å². The number of alkyl halides is 3. The van der Waals surface area contributed by atoms with E-state index in [9.17, 15) is 26.4 Å². The van der Waals surface area contributed by atoms with Gasteiger partial charge in [0.15, 0.2) is 0 Å². The second-order valence-corrected chi connectivity index (χ2v) is 7.67. The lowest BCUT2D eigenvalue weighted by molar-refractivity contribution is -0.274. The van der Waals surface area contributed by atoms with Crippen molar-refractivity contribution in [1.29, 1.82) is 0 Å². The molecule has 2 N–H and O–H groups in total. The van der Waals surface area contributed by atoms with E-state index in [2.05, 4.69) is 4.74 Å². The molecule has 0 aliphatic carbocycles.